The Labute approximate surface area is 240 Å². The van der Waals surface area contributed by atoms with E-state index in [1.54, 1.807) is 24.3 Å². The van der Waals surface area contributed by atoms with Crippen LogP contribution in [0.1, 0.15) is 33.6 Å². The van der Waals surface area contributed by atoms with Gasteiger partial charge in [-0.2, -0.15) is 18.4 Å². The van der Waals surface area contributed by atoms with Crippen LogP contribution >= 0.6 is 0 Å². The van der Waals surface area contributed by atoms with Gasteiger partial charge in [0.05, 0.1) is 11.8 Å². The zero-order chi connectivity index (χ0) is 30.6. The number of carbonyl (C=O) groups excluding carboxylic acids is 4. The fourth-order valence-corrected chi connectivity index (χ4v) is 6.67. The third kappa shape index (κ3) is 5.42. The number of carbonyl (C=O) groups is 4. The second-order valence-electron chi connectivity index (χ2n) is 12.4. The molecule has 42 heavy (non-hydrogen) atoms. The Morgan fingerprint density at radius 3 is 2.50 bits per heavy atom. The van der Waals surface area contributed by atoms with Crippen LogP contribution in [-0.4, -0.2) is 65.5 Å². The molecule has 0 radical (unpaired) electrons. The van der Waals surface area contributed by atoms with Gasteiger partial charge in [0, 0.05) is 13.0 Å². The maximum absolute atomic E-state index is 13.9. The lowest BCUT2D eigenvalue weighted by Crippen LogP contribution is -2.60. The number of likely N-dealkylation sites (tertiary alicyclic amines) is 1. The van der Waals surface area contributed by atoms with E-state index in [1.807, 2.05) is 23.5 Å². The number of amides is 4. The van der Waals surface area contributed by atoms with Crippen LogP contribution in [0, 0.1) is 40.4 Å². The molecule has 0 spiro atoms. The summed E-state index contributed by atoms with van der Waals surface area (Å²) in [5.41, 5.74) is -0.622. The van der Waals surface area contributed by atoms with E-state index in [0.717, 1.165) is 6.42 Å². The molecule has 0 aromatic heterocycles. The van der Waals surface area contributed by atoms with Crippen LogP contribution in [0.15, 0.2) is 36.4 Å². The number of nitrogens with one attached hydrogen (secondary N) is 3. The largest absolute Gasteiger partial charge is 0.478 e. The number of allylic oxidation sites excluding steroid dienone is 2. The maximum atomic E-state index is 13.9. The fourth-order valence-electron chi connectivity index (χ4n) is 6.67. The number of nitriles is 1. The molecule has 10 nitrogen and oxygen atoms in total. The average molecular weight is 588 g/mol. The summed E-state index contributed by atoms with van der Waals surface area (Å²) in [4.78, 5) is 53.5. The van der Waals surface area contributed by atoms with E-state index < -0.39 is 59.4 Å². The van der Waals surface area contributed by atoms with E-state index in [2.05, 4.69) is 10.6 Å². The van der Waals surface area contributed by atoms with Crippen molar-refractivity contribution in [3.63, 3.8) is 0 Å². The van der Waals surface area contributed by atoms with E-state index >= 15 is 0 Å². The van der Waals surface area contributed by atoms with Crippen LogP contribution in [0.5, 0.6) is 5.75 Å². The van der Waals surface area contributed by atoms with Crippen molar-refractivity contribution in [2.45, 2.75) is 64.0 Å². The molecule has 1 saturated carbocycles. The molecule has 3 N–H and O–H groups in total. The predicted octanol–water partition coefficient (Wildman–Crippen LogP) is 2.53. The van der Waals surface area contributed by atoms with Crippen molar-refractivity contribution in [1.29, 1.82) is 5.26 Å². The van der Waals surface area contributed by atoms with Gasteiger partial charge in [-0.1, -0.05) is 45.1 Å². The Hall–Kier alpha value is -4.08. The molecule has 1 aromatic rings. The van der Waals surface area contributed by atoms with Gasteiger partial charge in [-0.15, -0.1) is 0 Å². The SMILES string of the molecule is CC(C)(C)[C@H](NC(=O)C(F)(F)F)C(=O)N1C[C@H]2[C@@H]([C@H]1C(=O)N[C@H](C#N)C[C@@H]1Oc3ccccc3NC1=O)[C@H]1C=C[C@@H]2C1. The van der Waals surface area contributed by atoms with Gasteiger partial charge in [0.1, 0.15) is 23.9 Å². The van der Waals surface area contributed by atoms with Gasteiger partial charge in [0.2, 0.25) is 11.8 Å². The molecule has 2 heterocycles. The van der Waals surface area contributed by atoms with Crippen molar-refractivity contribution in [3.8, 4) is 11.8 Å². The number of rotatable bonds is 6. The molecule has 8 atom stereocenters. The fraction of sp³-hybridized carbons (Fsp3) is 0.552. The summed E-state index contributed by atoms with van der Waals surface area (Å²) in [5, 5.41) is 17.1. The average Bonchev–Trinajstić information content (AvgIpc) is 3.63. The normalized spacial score (nSPS) is 29.0. The molecule has 2 aliphatic heterocycles. The minimum Gasteiger partial charge on any atom is -0.478 e. The first-order valence-electron chi connectivity index (χ1n) is 13.8. The Kier molecular flexibility index (Phi) is 7.45. The standard InChI is InChI=1S/C29H32F3N5O5/c1-28(2,3)23(36-27(41)29(30,31)32)26(40)37-13-17-14-8-9-15(10-14)21(17)22(37)25(39)34-16(12-33)11-20-24(38)35-18-6-4-5-7-19(18)42-20/h4-9,14-17,20-23H,10-11,13H2,1-3H3,(H,34,39)(H,35,38)(H,36,41)/t14-,15+,16+,17-,20+,21+,22+,23-/m1/s1. The summed E-state index contributed by atoms with van der Waals surface area (Å²) in [7, 11) is 0. The number of benzene rings is 1. The van der Waals surface area contributed by atoms with Gasteiger partial charge < -0.3 is 25.6 Å². The molecule has 224 valence electrons. The van der Waals surface area contributed by atoms with Gasteiger partial charge in [-0.05, 0) is 47.6 Å². The lowest BCUT2D eigenvalue weighted by molar-refractivity contribution is -0.176. The van der Waals surface area contributed by atoms with Crippen molar-refractivity contribution in [1.82, 2.24) is 15.5 Å². The zero-order valence-corrected chi connectivity index (χ0v) is 23.3. The van der Waals surface area contributed by atoms with Crippen LogP contribution < -0.4 is 20.7 Å². The molecule has 2 fully saturated rings. The molecule has 4 aliphatic rings. The molecule has 2 aliphatic carbocycles. The van der Waals surface area contributed by atoms with Crippen molar-refractivity contribution in [2.24, 2.45) is 29.1 Å². The van der Waals surface area contributed by atoms with Crippen LogP contribution in [-0.2, 0) is 19.2 Å². The lowest BCUT2D eigenvalue weighted by Gasteiger charge is -2.37. The second-order valence-corrected chi connectivity index (χ2v) is 12.4. The molecule has 0 unspecified atom stereocenters. The third-order valence-corrected chi connectivity index (χ3v) is 8.62. The first kappa shape index (κ1) is 29.4. The predicted molar refractivity (Wildman–Crippen MR) is 142 cm³/mol. The van der Waals surface area contributed by atoms with Crippen LogP contribution in [0.2, 0.25) is 0 Å². The number of ether oxygens (including phenoxy) is 1. The highest BCUT2D eigenvalue weighted by atomic mass is 19.4. The summed E-state index contributed by atoms with van der Waals surface area (Å²) in [5.74, 6) is -4.05. The Balaban J connectivity index is 1.37. The highest BCUT2D eigenvalue weighted by molar-refractivity contribution is 5.98. The smallest absolute Gasteiger partial charge is 0.471 e. The molecular weight excluding hydrogens is 555 g/mol. The molecule has 1 saturated heterocycles. The molecule has 13 heteroatoms. The van der Waals surface area contributed by atoms with Gasteiger partial charge in [0.15, 0.2) is 6.10 Å². The first-order chi connectivity index (χ1) is 19.7. The Morgan fingerprint density at radius 1 is 1.14 bits per heavy atom. The van der Waals surface area contributed by atoms with Crippen molar-refractivity contribution in [3.05, 3.63) is 36.4 Å². The number of para-hydroxylation sites is 2. The first-order valence-corrected chi connectivity index (χ1v) is 13.8. The van der Waals surface area contributed by atoms with Crippen LogP contribution in [0.4, 0.5) is 18.9 Å². The number of anilines is 1. The topological polar surface area (TPSA) is 141 Å². The van der Waals surface area contributed by atoms with E-state index in [1.165, 1.54) is 25.7 Å². The monoisotopic (exact) mass is 587 g/mol. The van der Waals surface area contributed by atoms with Gasteiger partial charge in [0.25, 0.3) is 5.91 Å². The summed E-state index contributed by atoms with van der Waals surface area (Å²) in [6.45, 7) is 4.72. The van der Waals surface area contributed by atoms with E-state index in [9.17, 15) is 37.6 Å². The summed E-state index contributed by atoms with van der Waals surface area (Å²) < 4.78 is 45.2. The second kappa shape index (κ2) is 10.6. The molecule has 1 aromatic carbocycles. The van der Waals surface area contributed by atoms with Gasteiger partial charge in [-0.25, -0.2) is 0 Å². The Bertz CT molecular complexity index is 1370. The number of nitrogens with zero attached hydrogens (tertiary/aromatic N) is 2. The van der Waals surface area contributed by atoms with Gasteiger partial charge in [-0.3, -0.25) is 19.2 Å². The highest BCUT2D eigenvalue weighted by Gasteiger charge is 2.59. The van der Waals surface area contributed by atoms with E-state index in [4.69, 9.17) is 4.74 Å². The number of hydrogen-bond acceptors (Lipinski definition) is 6. The summed E-state index contributed by atoms with van der Waals surface area (Å²) in [6.07, 6.45) is -1.60. The lowest BCUT2D eigenvalue weighted by atomic mass is 9.81. The van der Waals surface area contributed by atoms with Crippen molar-refractivity contribution >= 4 is 29.3 Å². The zero-order valence-electron chi connectivity index (χ0n) is 23.3. The van der Waals surface area contributed by atoms with Crippen molar-refractivity contribution < 1.29 is 37.1 Å². The molecular formula is C29H32F3N5O5. The maximum Gasteiger partial charge on any atom is 0.471 e. The Morgan fingerprint density at radius 2 is 1.83 bits per heavy atom. The minimum absolute atomic E-state index is 0.0177. The summed E-state index contributed by atoms with van der Waals surface area (Å²) in [6, 6.07) is 4.98. The molecule has 4 amide bonds. The van der Waals surface area contributed by atoms with Crippen LogP contribution in [0.3, 0.4) is 0 Å². The highest BCUT2D eigenvalue weighted by Crippen LogP contribution is 2.54. The van der Waals surface area contributed by atoms with E-state index in [0.29, 0.717) is 11.4 Å². The quantitative estimate of drug-likeness (QED) is 0.437. The number of hydrogen-bond donors (Lipinski definition) is 3. The number of halogens is 3. The van der Waals surface area contributed by atoms with Crippen molar-refractivity contribution in [2.75, 3.05) is 11.9 Å². The molecule has 5 rings (SSSR count). The number of alkyl halides is 3. The molecule has 2 bridgehead atoms. The van der Waals surface area contributed by atoms with Gasteiger partial charge >= 0.3 is 12.1 Å². The van der Waals surface area contributed by atoms with Crippen LogP contribution in [0.25, 0.3) is 0 Å². The number of fused-ring (bicyclic) bond motifs is 6. The van der Waals surface area contributed by atoms with E-state index in [-0.39, 0.29) is 36.6 Å². The third-order valence-electron chi connectivity index (χ3n) is 8.62. The minimum atomic E-state index is -5.20. The summed E-state index contributed by atoms with van der Waals surface area (Å²) >= 11 is 0.